The van der Waals surface area contributed by atoms with Gasteiger partial charge in [-0.15, -0.1) is 0 Å². The zero-order valence-electron chi connectivity index (χ0n) is 18.7. The summed E-state index contributed by atoms with van der Waals surface area (Å²) in [5.41, 5.74) is 8.04. The zero-order chi connectivity index (χ0) is 21.6. The number of aryl methyl sites for hydroxylation is 1. The number of halogens is 1. The van der Waals surface area contributed by atoms with Gasteiger partial charge in [-0.25, -0.2) is 9.07 Å². The molecule has 3 heteroatoms. The second-order valence-corrected chi connectivity index (χ2v) is 9.81. The van der Waals surface area contributed by atoms with E-state index in [4.69, 9.17) is 0 Å². The Hall–Kier alpha value is -2.68. The van der Waals surface area contributed by atoms with Crippen molar-refractivity contribution in [2.75, 3.05) is 0 Å². The maximum atomic E-state index is 13.4. The second-order valence-electron chi connectivity index (χ2n) is 9.81. The van der Waals surface area contributed by atoms with Gasteiger partial charge in [0, 0.05) is 0 Å². The van der Waals surface area contributed by atoms with Gasteiger partial charge >= 0.3 is 0 Å². The molecule has 31 heavy (non-hydrogen) atoms. The highest BCUT2D eigenvalue weighted by Crippen LogP contribution is 2.53. The highest BCUT2D eigenvalue weighted by Gasteiger charge is 2.45. The van der Waals surface area contributed by atoms with Crippen LogP contribution in [0, 0.1) is 30.0 Å². The van der Waals surface area contributed by atoms with Crippen LogP contribution in [0.2, 0.25) is 0 Å². The summed E-state index contributed by atoms with van der Waals surface area (Å²) in [6.45, 7) is 7.16. The number of rotatable bonds is 4. The minimum Gasteiger partial charge on any atom is -0.233 e. The first-order valence-electron chi connectivity index (χ1n) is 11.5. The molecule has 3 atom stereocenters. The molecule has 1 aromatic heterocycles. The Bertz CT molecular complexity index is 1120. The van der Waals surface area contributed by atoms with Crippen LogP contribution in [0.4, 0.5) is 4.39 Å². The van der Waals surface area contributed by atoms with Crippen molar-refractivity contribution in [3.8, 4) is 5.69 Å². The summed E-state index contributed by atoms with van der Waals surface area (Å²) in [4.78, 5) is 0. The van der Waals surface area contributed by atoms with Crippen LogP contribution in [0.1, 0.15) is 55.5 Å². The SMILES string of the molecule is Cc1ccccc1C[C@H](C)[C@H]1CCCC2=Cc3c(cnn3-c3ccc(F)cc3)C[C@@]21C. The normalized spacial score (nSPS) is 23.6. The number of allylic oxidation sites excluding steroid dienone is 1. The van der Waals surface area contributed by atoms with Gasteiger partial charge in [0.1, 0.15) is 5.82 Å². The zero-order valence-corrected chi connectivity index (χ0v) is 18.7. The molecule has 2 aliphatic rings. The van der Waals surface area contributed by atoms with Gasteiger partial charge in [0.25, 0.3) is 0 Å². The molecule has 2 aromatic carbocycles. The Morgan fingerprint density at radius 1 is 1.16 bits per heavy atom. The monoisotopic (exact) mass is 414 g/mol. The van der Waals surface area contributed by atoms with E-state index in [2.05, 4.69) is 56.2 Å². The molecule has 0 radical (unpaired) electrons. The third-order valence-electron chi connectivity index (χ3n) is 7.83. The summed E-state index contributed by atoms with van der Waals surface area (Å²) in [6.07, 6.45) is 10.3. The molecule has 1 heterocycles. The predicted octanol–water partition coefficient (Wildman–Crippen LogP) is 6.94. The van der Waals surface area contributed by atoms with E-state index in [0.717, 1.165) is 24.9 Å². The lowest BCUT2D eigenvalue weighted by molar-refractivity contribution is 0.122. The van der Waals surface area contributed by atoms with Crippen molar-refractivity contribution < 1.29 is 4.39 Å². The average Bonchev–Trinajstić information content (AvgIpc) is 3.15. The summed E-state index contributed by atoms with van der Waals surface area (Å²) < 4.78 is 15.4. The molecular formula is C28H31FN2. The van der Waals surface area contributed by atoms with Crippen molar-refractivity contribution in [2.24, 2.45) is 17.3 Å². The van der Waals surface area contributed by atoms with Crippen LogP contribution >= 0.6 is 0 Å². The molecule has 5 rings (SSSR count). The third kappa shape index (κ3) is 3.54. The maximum absolute atomic E-state index is 13.4. The predicted molar refractivity (Wildman–Crippen MR) is 125 cm³/mol. The quantitative estimate of drug-likeness (QED) is 0.452. The van der Waals surface area contributed by atoms with Crippen LogP contribution in [-0.2, 0) is 12.8 Å². The van der Waals surface area contributed by atoms with Gasteiger partial charge < -0.3 is 0 Å². The van der Waals surface area contributed by atoms with Gasteiger partial charge in [-0.3, -0.25) is 0 Å². The van der Waals surface area contributed by atoms with Crippen LogP contribution in [-0.4, -0.2) is 9.78 Å². The first kappa shape index (κ1) is 20.2. The fourth-order valence-corrected chi connectivity index (χ4v) is 6.11. The first-order valence-corrected chi connectivity index (χ1v) is 11.5. The summed E-state index contributed by atoms with van der Waals surface area (Å²) in [5.74, 6) is 1.08. The van der Waals surface area contributed by atoms with E-state index in [1.54, 1.807) is 5.57 Å². The van der Waals surface area contributed by atoms with Crippen LogP contribution in [0.25, 0.3) is 11.8 Å². The average molecular weight is 415 g/mol. The van der Waals surface area contributed by atoms with Gasteiger partial charge in [0.15, 0.2) is 0 Å². The molecule has 0 aliphatic heterocycles. The minimum absolute atomic E-state index is 0.185. The number of benzene rings is 2. The topological polar surface area (TPSA) is 17.8 Å². The molecule has 0 amide bonds. The highest BCUT2D eigenvalue weighted by atomic mass is 19.1. The lowest BCUT2D eigenvalue weighted by Crippen LogP contribution is -2.40. The molecule has 1 fully saturated rings. The van der Waals surface area contributed by atoms with Crippen molar-refractivity contribution in [3.63, 3.8) is 0 Å². The van der Waals surface area contributed by atoms with Gasteiger partial charge in [-0.05, 0) is 103 Å². The summed E-state index contributed by atoms with van der Waals surface area (Å²) in [6, 6.07) is 15.5. The minimum atomic E-state index is -0.214. The van der Waals surface area contributed by atoms with E-state index in [-0.39, 0.29) is 11.2 Å². The molecule has 160 valence electrons. The summed E-state index contributed by atoms with van der Waals surface area (Å²) >= 11 is 0. The van der Waals surface area contributed by atoms with E-state index in [1.807, 2.05) is 23.0 Å². The fraction of sp³-hybridized carbons (Fsp3) is 0.393. The molecule has 0 unspecified atom stereocenters. The standard InChI is InChI=1S/C28H31FN2/c1-19-7-4-5-8-21(19)15-20(2)26-10-6-9-23-16-27-22(17-28(23,26)3)18-30-31(27)25-13-11-24(29)12-14-25/h4-5,7-8,11-14,16,18,20,26H,6,9-10,15,17H2,1-3H3/t20-,26+,28-/m0/s1. The van der Waals surface area contributed by atoms with E-state index in [9.17, 15) is 4.39 Å². The van der Waals surface area contributed by atoms with E-state index >= 15 is 0 Å². The Morgan fingerprint density at radius 2 is 1.94 bits per heavy atom. The Labute approximate surface area is 184 Å². The smallest absolute Gasteiger partial charge is 0.123 e. The lowest BCUT2D eigenvalue weighted by atomic mass is 9.56. The Morgan fingerprint density at radius 3 is 2.71 bits per heavy atom. The molecular weight excluding hydrogens is 383 g/mol. The van der Waals surface area contributed by atoms with Crippen molar-refractivity contribution >= 4 is 6.08 Å². The molecule has 2 nitrogen and oxygen atoms in total. The van der Waals surface area contributed by atoms with Crippen LogP contribution < -0.4 is 0 Å². The van der Waals surface area contributed by atoms with E-state index in [0.29, 0.717) is 11.8 Å². The number of hydrogen-bond donors (Lipinski definition) is 0. The van der Waals surface area contributed by atoms with E-state index < -0.39 is 0 Å². The summed E-state index contributed by atoms with van der Waals surface area (Å²) in [7, 11) is 0. The molecule has 0 N–H and O–H groups in total. The highest BCUT2D eigenvalue weighted by molar-refractivity contribution is 5.61. The fourth-order valence-electron chi connectivity index (χ4n) is 6.11. The Balaban J connectivity index is 1.46. The molecule has 3 aromatic rings. The molecule has 0 bridgehead atoms. The molecule has 1 saturated carbocycles. The molecule has 2 aliphatic carbocycles. The number of aromatic nitrogens is 2. The largest absolute Gasteiger partial charge is 0.233 e. The van der Waals surface area contributed by atoms with E-state index in [1.165, 1.54) is 47.4 Å². The number of fused-ring (bicyclic) bond motifs is 2. The first-order chi connectivity index (χ1) is 15.0. The van der Waals surface area contributed by atoms with Crippen LogP contribution in [0.5, 0.6) is 0 Å². The van der Waals surface area contributed by atoms with Crippen molar-refractivity contribution in [3.05, 3.63) is 88.5 Å². The van der Waals surface area contributed by atoms with Crippen LogP contribution in [0.3, 0.4) is 0 Å². The molecule has 0 saturated heterocycles. The summed E-state index contributed by atoms with van der Waals surface area (Å²) in [5, 5.41) is 4.69. The van der Waals surface area contributed by atoms with Gasteiger partial charge in [0.05, 0.1) is 17.6 Å². The maximum Gasteiger partial charge on any atom is 0.123 e. The third-order valence-corrected chi connectivity index (χ3v) is 7.83. The van der Waals surface area contributed by atoms with Crippen molar-refractivity contribution in [2.45, 2.75) is 52.9 Å². The number of hydrogen-bond acceptors (Lipinski definition) is 1. The van der Waals surface area contributed by atoms with Gasteiger partial charge in [-0.1, -0.05) is 43.7 Å². The van der Waals surface area contributed by atoms with Crippen molar-refractivity contribution in [1.29, 1.82) is 0 Å². The second kappa shape index (κ2) is 7.78. The van der Waals surface area contributed by atoms with Gasteiger partial charge in [0.2, 0.25) is 0 Å². The molecule has 0 spiro atoms. The number of nitrogens with zero attached hydrogens (tertiary/aromatic N) is 2. The van der Waals surface area contributed by atoms with Crippen LogP contribution in [0.15, 0.2) is 60.3 Å². The van der Waals surface area contributed by atoms with Crippen molar-refractivity contribution in [1.82, 2.24) is 9.78 Å². The lowest BCUT2D eigenvalue weighted by Gasteiger charge is -2.48. The Kier molecular flexibility index (Phi) is 5.08. The van der Waals surface area contributed by atoms with Gasteiger partial charge in [-0.2, -0.15) is 5.10 Å².